The van der Waals surface area contributed by atoms with E-state index in [0.717, 1.165) is 24.1 Å². The molecule has 1 atom stereocenters. The second kappa shape index (κ2) is 4.59. The van der Waals surface area contributed by atoms with Crippen LogP contribution in [0.15, 0.2) is 24.5 Å². The van der Waals surface area contributed by atoms with Crippen LogP contribution in [0.2, 0.25) is 5.02 Å². The molecule has 4 heteroatoms. The Kier molecular flexibility index (Phi) is 2.95. The molecule has 3 nitrogen and oxygen atoms in total. The predicted molar refractivity (Wildman–Crippen MR) is 69.4 cm³/mol. The SMILES string of the molecule is Clc1cnc2ncc(C3CCCNC3)cc2c1. The molecule has 2 aromatic heterocycles. The van der Waals surface area contributed by atoms with E-state index in [1.165, 1.54) is 18.4 Å². The van der Waals surface area contributed by atoms with Gasteiger partial charge in [-0.3, -0.25) is 0 Å². The van der Waals surface area contributed by atoms with Gasteiger partial charge in [0.2, 0.25) is 0 Å². The summed E-state index contributed by atoms with van der Waals surface area (Å²) in [6.07, 6.45) is 6.05. The van der Waals surface area contributed by atoms with Gasteiger partial charge in [0.05, 0.1) is 5.02 Å². The fourth-order valence-corrected chi connectivity index (χ4v) is 2.54. The van der Waals surface area contributed by atoms with Gasteiger partial charge in [0, 0.05) is 24.3 Å². The van der Waals surface area contributed by atoms with Crippen LogP contribution in [-0.2, 0) is 0 Å². The van der Waals surface area contributed by atoms with E-state index >= 15 is 0 Å². The smallest absolute Gasteiger partial charge is 0.159 e. The third-order valence-corrected chi connectivity index (χ3v) is 3.49. The van der Waals surface area contributed by atoms with Crippen molar-refractivity contribution in [1.29, 1.82) is 0 Å². The topological polar surface area (TPSA) is 37.8 Å². The summed E-state index contributed by atoms with van der Waals surface area (Å²) in [5.41, 5.74) is 2.05. The summed E-state index contributed by atoms with van der Waals surface area (Å²) in [7, 11) is 0. The number of halogens is 1. The van der Waals surface area contributed by atoms with Crippen LogP contribution in [0.3, 0.4) is 0 Å². The third-order valence-electron chi connectivity index (χ3n) is 3.29. The number of piperidine rings is 1. The van der Waals surface area contributed by atoms with Crippen molar-refractivity contribution < 1.29 is 0 Å². The van der Waals surface area contributed by atoms with Crippen LogP contribution in [0.1, 0.15) is 24.3 Å². The first kappa shape index (κ1) is 10.9. The number of nitrogens with zero attached hydrogens (tertiary/aromatic N) is 2. The zero-order valence-corrected chi connectivity index (χ0v) is 10.2. The molecular weight excluding hydrogens is 234 g/mol. The van der Waals surface area contributed by atoms with E-state index in [9.17, 15) is 0 Å². The number of hydrogen-bond acceptors (Lipinski definition) is 3. The predicted octanol–water partition coefficient (Wildman–Crippen LogP) is 2.75. The van der Waals surface area contributed by atoms with Crippen molar-refractivity contribution in [2.24, 2.45) is 0 Å². The quantitative estimate of drug-likeness (QED) is 0.842. The fourth-order valence-electron chi connectivity index (χ4n) is 2.37. The molecule has 1 aliphatic rings. The number of rotatable bonds is 1. The minimum absolute atomic E-state index is 0.569. The fraction of sp³-hybridized carbons (Fsp3) is 0.385. The van der Waals surface area contributed by atoms with E-state index in [1.54, 1.807) is 6.20 Å². The van der Waals surface area contributed by atoms with Crippen LogP contribution >= 0.6 is 11.6 Å². The molecule has 2 aromatic rings. The Morgan fingerprint density at radius 3 is 2.94 bits per heavy atom. The van der Waals surface area contributed by atoms with Crippen LogP contribution in [0.4, 0.5) is 0 Å². The largest absolute Gasteiger partial charge is 0.316 e. The number of hydrogen-bond donors (Lipinski definition) is 1. The van der Waals surface area contributed by atoms with Crippen molar-refractivity contribution in [3.63, 3.8) is 0 Å². The molecule has 0 aliphatic carbocycles. The van der Waals surface area contributed by atoms with Crippen molar-refractivity contribution in [2.45, 2.75) is 18.8 Å². The zero-order chi connectivity index (χ0) is 11.7. The lowest BCUT2D eigenvalue weighted by Gasteiger charge is -2.22. The molecule has 0 spiro atoms. The first-order valence-electron chi connectivity index (χ1n) is 5.95. The summed E-state index contributed by atoms with van der Waals surface area (Å²) in [4.78, 5) is 8.61. The summed E-state index contributed by atoms with van der Waals surface area (Å²) in [5, 5.41) is 5.12. The average molecular weight is 248 g/mol. The van der Waals surface area contributed by atoms with E-state index < -0.39 is 0 Å². The second-order valence-corrected chi connectivity index (χ2v) is 4.95. The molecular formula is C13H14ClN3. The minimum atomic E-state index is 0.569. The molecule has 1 fully saturated rings. The molecule has 3 rings (SSSR count). The number of aromatic nitrogens is 2. The third kappa shape index (κ3) is 2.26. The molecule has 0 saturated carbocycles. The molecule has 0 bridgehead atoms. The first-order chi connectivity index (χ1) is 8.33. The van der Waals surface area contributed by atoms with Gasteiger partial charge in [-0.15, -0.1) is 0 Å². The van der Waals surface area contributed by atoms with Crippen molar-refractivity contribution in [3.8, 4) is 0 Å². The van der Waals surface area contributed by atoms with Gasteiger partial charge in [0.15, 0.2) is 5.65 Å². The van der Waals surface area contributed by atoms with Crippen molar-refractivity contribution >= 4 is 22.6 Å². The minimum Gasteiger partial charge on any atom is -0.316 e. The molecule has 0 amide bonds. The Morgan fingerprint density at radius 1 is 1.24 bits per heavy atom. The van der Waals surface area contributed by atoms with Crippen LogP contribution in [0.5, 0.6) is 0 Å². The van der Waals surface area contributed by atoms with E-state index in [2.05, 4.69) is 21.4 Å². The average Bonchev–Trinajstić information content (AvgIpc) is 2.39. The van der Waals surface area contributed by atoms with Crippen molar-refractivity contribution in [3.05, 3.63) is 35.1 Å². The van der Waals surface area contributed by atoms with E-state index in [0.29, 0.717) is 10.9 Å². The normalized spacial score (nSPS) is 20.6. The Labute approximate surface area is 105 Å². The number of nitrogens with one attached hydrogen (secondary N) is 1. The highest BCUT2D eigenvalue weighted by Crippen LogP contribution is 2.25. The van der Waals surface area contributed by atoms with Crippen LogP contribution < -0.4 is 5.32 Å². The molecule has 1 unspecified atom stereocenters. The van der Waals surface area contributed by atoms with Gasteiger partial charge in [0.25, 0.3) is 0 Å². The Morgan fingerprint density at radius 2 is 2.12 bits per heavy atom. The summed E-state index contributed by atoms with van der Waals surface area (Å²) in [6.45, 7) is 2.17. The van der Waals surface area contributed by atoms with Gasteiger partial charge in [-0.2, -0.15) is 0 Å². The summed E-state index contributed by atoms with van der Waals surface area (Å²) in [6, 6.07) is 4.09. The lowest BCUT2D eigenvalue weighted by atomic mass is 9.92. The van der Waals surface area contributed by atoms with Gasteiger partial charge in [-0.1, -0.05) is 11.6 Å². The number of pyridine rings is 2. The van der Waals surface area contributed by atoms with Crippen molar-refractivity contribution in [2.75, 3.05) is 13.1 Å². The highest BCUT2D eigenvalue weighted by molar-refractivity contribution is 6.31. The lowest BCUT2D eigenvalue weighted by molar-refractivity contribution is 0.461. The van der Waals surface area contributed by atoms with Crippen LogP contribution in [-0.4, -0.2) is 23.1 Å². The van der Waals surface area contributed by atoms with E-state index in [-0.39, 0.29) is 0 Å². The van der Waals surface area contributed by atoms with Crippen LogP contribution in [0, 0.1) is 0 Å². The van der Waals surface area contributed by atoms with E-state index in [4.69, 9.17) is 11.6 Å². The van der Waals surface area contributed by atoms with Gasteiger partial charge in [-0.05, 0) is 43.0 Å². The van der Waals surface area contributed by atoms with Crippen molar-refractivity contribution in [1.82, 2.24) is 15.3 Å². The molecule has 1 saturated heterocycles. The Hall–Kier alpha value is -1.19. The highest BCUT2D eigenvalue weighted by atomic mass is 35.5. The maximum atomic E-state index is 5.95. The molecule has 1 aliphatic heterocycles. The standard InChI is InChI=1S/C13H14ClN3/c14-12-5-10-4-11(7-16-13(10)17-8-12)9-2-1-3-15-6-9/h4-5,7-9,15H,1-3,6H2. The number of fused-ring (bicyclic) bond motifs is 1. The highest BCUT2D eigenvalue weighted by Gasteiger charge is 2.15. The first-order valence-corrected chi connectivity index (χ1v) is 6.32. The summed E-state index contributed by atoms with van der Waals surface area (Å²) < 4.78 is 0. The Balaban J connectivity index is 1.99. The molecule has 0 aromatic carbocycles. The Bertz CT molecular complexity index is 535. The molecule has 88 valence electrons. The maximum absolute atomic E-state index is 5.95. The van der Waals surface area contributed by atoms with Gasteiger partial charge in [0.1, 0.15) is 0 Å². The van der Waals surface area contributed by atoms with Gasteiger partial charge >= 0.3 is 0 Å². The molecule has 0 radical (unpaired) electrons. The molecule has 1 N–H and O–H groups in total. The second-order valence-electron chi connectivity index (χ2n) is 4.51. The molecule has 17 heavy (non-hydrogen) atoms. The summed E-state index contributed by atoms with van der Waals surface area (Å²) in [5.74, 6) is 0.569. The summed E-state index contributed by atoms with van der Waals surface area (Å²) >= 11 is 5.95. The van der Waals surface area contributed by atoms with Crippen LogP contribution in [0.25, 0.3) is 11.0 Å². The molecule has 3 heterocycles. The van der Waals surface area contributed by atoms with Gasteiger partial charge in [-0.25, -0.2) is 9.97 Å². The monoisotopic (exact) mass is 247 g/mol. The lowest BCUT2D eigenvalue weighted by Crippen LogP contribution is -2.28. The zero-order valence-electron chi connectivity index (χ0n) is 9.49. The van der Waals surface area contributed by atoms with Gasteiger partial charge < -0.3 is 5.32 Å². The maximum Gasteiger partial charge on any atom is 0.159 e. The van der Waals surface area contributed by atoms with E-state index in [1.807, 2.05) is 12.3 Å².